The Morgan fingerprint density at radius 3 is 2.64 bits per heavy atom. The second-order valence-corrected chi connectivity index (χ2v) is 10.7. The monoisotopic (exact) mass is 527 g/mol. The standard InChI is InChI=1S/C25H27Cl2N7O2/c1-25(2)35-20-14(13-6-4-5-12(7-13)9-28)8-17(21(20)36-25)34-10-15(19-16(26)11-33(3)32-19)18-22(29)30-24(27)31-23(18)34/h4-7,10-11,14,17,20-21H,8-9,28H2,1-3H3,(H2,29,30,31)/t14-,17-,20-,21+/m1/s1. The van der Waals surface area contributed by atoms with Crippen LogP contribution in [0, 0.1) is 0 Å². The topological polar surface area (TPSA) is 119 Å². The van der Waals surface area contributed by atoms with Crippen molar-refractivity contribution in [1.82, 2.24) is 24.3 Å². The molecule has 4 aromatic rings. The number of fused-ring (bicyclic) bond motifs is 2. The summed E-state index contributed by atoms with van der Waals surface area (Å²) in [7, 11) is 1.82. The first kappa shape index (κ1) is 23.7. The van der Waals surface area contributed by atoms with Gasteiger partial charge in [0.05, 0.1) is 22.6 Å². The van der Waals surface area contributed by atoms with Crippen LogP contribution >= 0.6 is 23.2 Å². The molecule has 1 aliphatic heterocycles. The molecule has 1 aromatic carbocycles. The van der Waals surface area contributed by atoms with Crippen LogP contribution in [0.3, 0.4) is 0 Å². The molecule has 1 saturated heterocycles. The molecule has 0 spiro atoms. The minimum atomic E-state index is -0.723. The molecule has 2 aliphatic rings. The highest BCUT2D eigenvalue weighted by Gasteiger charge is 2.55. The number of hydrogen-bond donors (Lipinski definition) is 2. The Bertz CT molecular complexity index is 1480. The number of ether oxygens (including phenoxy) is 2. The molecule has 0 bridgehead atoms. The molecule has 4 atom stereocenters. The molecule has 2 fully saturated rings. The van der Waals surface area contributed by atoms with Crippen molar-refractivity contribution in [2.24, 2.45) is 12.8 Å². The molecule has 0 unspecified atom stereocenters. The summed E-state index contributed by atoms with van der Waals surface area (Å²) >= 11 is 12.8. The molecule has 0 amide bonds. The van der Waals surface area contributed by atoms with Crippen LogP contribution in [0.15, 0.2) is 36.7 Å². The maximum atomic E-state index is 6.54. The largest absolute Gasteiger partial charge is 0.383 e. The number of aryl methyl sites for hydroxylation is 1. The van der Waals surface area contributed by atoms with E-state index in [2.05, 4.69) is 31.8 Å². The van der Waals surface area contributed by atoms with Gasteiger partial charge in [0, 0.05) is 37.5 Å². The van der Waals surface area contributed by atoms with Crippen LogP contribution in [0.4, 0.5) is 5.82 Å². The minimum absolute atomic E-state index is 0.0729. The van der Waals surface area contributed by atoms with E-state index in [0.717, 1.165) is 17.5 Å². The third kappa shape index (κ3) is 3.77. The number of halogens is 2. The van der Waals surface area contributed by atoms with Crippen LogP contribution < -0.4 is 11.5 Å². The third-order valence-corrected chi connectivity index (χ3v) is 7.56. The number of nitrogens with zero attached hydrogens (tertiary/aromatic N) is 5. The zero-order valence-electron chi connectivity index (χ0n) is 20.2. The summed E-state index contributed by atoms with van der Waals surface area (Å²) in [5.41, 5.74) is 16.5. The van der Waals surface area contributed by atoms with Gasteiger partial charge in [0.25, 0.3) is 0 Å². The van der Waals surface area contributed by atoms with Gasteiger partial charge in [0.2, 0.25) is 5.28 Å². The molecule has 6 rings (SSSR count). The van der Waals surface area contributed by atoms with Crippen molar-refractivity contribution in [3.63, 3.8) is 0 Å². The van der Waals surface area contributed by atoms with Gasteiger partial charge in [-0.25, -0.2) is 4.98 Å². The van der Waals surface area contributed by atoms with Crippen molar-refractivity contribution < 1.29 is 9.47 Å². The Morgan fingerprint density at radius 1 is 1.14 bits per heavy atom. The fourth-order valence-electron chi connectivity index (χ4n) is 5.73. The number of nitrogens with two attached hydrogens (primary N) is 2. The smallest absolute Gasteiger partial charge is 0.226 e. The molecule has 1 aliphatic carbocycles. The lowest BCUT2D eigenvalue weighted by Gasteiger charge is -2.25. The summed E-state index contributed by atoms with van der Waals surface area (Å²) in [4.78, 5) is 8.79. The lowest BCUT2D eigenvalue weighted by molar-refractivity contribution is -0.157. The fourth-order valence-corrected chi connectivity index (χ4v) is 6.18. The highest BCUT2D eigenvalue weighted by molar-refractivity contribution is 6.33. The zero-order chi connectivity index (χ0) is 25.4. The maximum absolute atomic E-state index is 6.54. The van der Waals surface area contributed by atoms with Gasteiger partial charge >= 0.3 is 0 Å². The first-order chi connectivity index (χ1) is 17.1. The minimum Gasteiger partial charge on any atom is -0.383 e. The molecule has 1 saturated carbocycles. The van der Waals surface area contributed by atoms with Crippen LogP contribution in [-0.4, -0.2) is 42.3 Å². The van der Waals surface area contributed by atoms with Crippen LogP contribution in [0.1, 0.15) is 43.4 Å². The van der Waals surface area contributed by atoms with Gasteiger partial charge < -0.3 is 25.5 Å². The Labute approximate surface area is 218 Å². The number of nitrogen functional groups attached to an aromatic ring is 1. The summed E-state index contributed by atoms with van der Waals surface area (Å²) < 4.78 is 16.7. The lowest BCUT2D eigenvalue weighted by Crippen LogP contribution is -2.27. The Hall–Kier alpha value is -2.69. The van der Waals surface area contributed by atoms with Gasteiger partial charge in [-0.3, -0.25) is 4.68 Å². The van der Waals surface area contributed by atoms with Crippen molar-refractivity contribution in [3.05, 3.63) is 58.1 Å². The summed E-state index contributed by atoms with van der Waals surface area (Å²) in [5.74, 6) is -0.354. The summed E-state index contributed by atoms with van der Waals surface area (Å²) in [6.45, 7) is 4.37. The molecule has 0 radical (unpaired) electrons. The molecule has 4 heterocycles. The second-order valence-electron chi connectivity index (χ2n) is 9.95. The Kier molecular flexibility index (Phi) is 5.55. The predicted octanol–water partition coefficient (Wildman–Crippen LogP) is 4.43. The average molecular weight is 528 g/mol. The molecule has 36 heavy (non-hydrogen) atoms. The van der Waals surface area contributed by atoms with E-state index in [1.807, 2.05) is 39.2 Å². The first-order valence-corrected chi connectivity index (χ1v) is 12.6. The molecule has 188 valence electrons. The van der Waals surface area contributed by atoms with Gasteiger partial charge in [0.1, 0.15) is 23.3 Å². The predicted molar refractivity (Wildman–Crippen MR) is 139 cm³/mol. The lowest BCUT2D eigenvalue weighted by atomic mass is 9.93. The third-order valence-electron chi connectivity index (χ3n) is 7.12. The Balaban J connectivity index is 1.52. The van der Waals surface area contributed by atoms with Crippen molar-refractivity contribution in [2.75, 3.05) is 5.73 Å². The summed E-state index contributed by atoms with van der Waals surface area (Å²) in [6.07, 6.45) is 4.13. The van der Waals surface area contributed by atoms with E-state index in [0.29, 0.717) is 28.3 Å². The van der Waals surface area contributed by atoms with Gasteiger partial charge in [-0.15, -0.1) is 0 Å². The SMILES string of the molecule is Cn1cc(Cl)c(-c2cn([C@@H]3C[C@H](c4cccc(CN)c4)[C@H]4OC(C)(C)O[C@H]43)c3nc(Cl)nc(N)c23)n1. The maximum Gasteiger partial charge on any atom is 0.226 e. The van der Waals surface area contributed by atoms with E-state index in [4.69, 9.17) is 44.1 Å². The molecule has 3 aromatic heterocycles. The summed E-state index contributed by atoms with van der Waals surface area (Å²) in [5, 5.41) is 5.80. The van der Waals surface area contributed by atoms with E-state index in [1.165, 1.54) is 5.56 Å². The molecule has 4 N–H and O–H groups in total. The number of rotatable bonds is 4. The van der Waals surface area contributed by atoms with Crippen LogP contribution in [0.25, 0.3) is 22.3 Å². The zero-order valence-corrected chi connectivity index (χ0v) is 21.7. The quantitative estimate of drug-likeness (QED) is 0.376. The van der Waals surface area contributed by atoms with E-state index in [9.17, 15) is 0 Å². The normalized spacial score (nSPS) is 25.1. The molecule has 11 heteroatoms. The van der Waals surface area contributed by atoms with Gasteiger partial charge in [0.15, 0.2) is 5.79 Å². The van der Waals surface area contributed by atoms with Crippen molar-refractivity contribution >= 4 is 40.1 Å². The van der Waals surface area contributed by atoms with Crippen molar-refractivity contribution in [1.29, 1.82) is 0 Å². The number of anilines is 1. The number of aromatic nitrogens is 5. The summed E-state index contributed by atoms with van der Waals surface area (Å²) in [6, 6.07) is 8.26. The van der Waals surface area contributed by atoms with E-state index in [-0.39, 0.29) is 35.3 Å². The number of benzene rings is 1. The van der Waals surface area contributed by atoms with E-state index in [1.54, 1.807) is 10.9 Å². The van der Waals surface area contributed by atoms with Gasteiger partial charge in [-0.2, -0.15) is 10.1 Å². The average Bonchev–Trinajstić information content (AvgIpc) is 3.53. The van der Waals surface area contributed by atoms with E-state index < -0.39 is 5.79 Å². The molecular weight excluding hydrogens is 501 g/mol. The van der Waals surface area contributed by atoms with Crippen LogP contribution in [0.5, 0.6) is 0 Å². The molecular formula is C25H27Cl2N7O2. The van der Waals surface area contributed by atoms with E-state index >= 15 is 0 Å². The van der Waals surface area contributed by atoms with Gasteiger partial charge in [-0.05, 0) is 43.0 Å². The van der Waals surface area contributed by atoms with Gasteiger partial charge in [-0.1, -0.05) is 35.9 Å². The first-order valence-electron chi connectivity index (χ1n) is 11.8. The fraction of sp³-hybridized carbons (Fsp3) is 0.400. The highest BCUT2D eigenvalue weighted by atomic mass is 35.5. The van der Waals surface area contributed by atoms with Crippen LogP contribution in [-0.2, 0) is 23.1 Å². The second kappa shape index (κ2) is 8.43. The van der Waals surface area contributed by atoms with Crippen LogP contribution in [0.2, 0.25) is 10.3 Å². The number of hydrogen-bond acceptors (Lipinski definition) is 7. The molecule has 9 nitrogen and oxygen atoms in total. The van der Waals surface area contributed by atoms with Crippen molar-refractivity contribution in [3.8, 4) is 11.3 Å². The Morgan fingerprint density at radius 2 is 1.92 bits per heavy atom. The highest BCUT2D eigenvalue weighted by Crippen LogP contribution is 2.52. The van der Waals surface area contributed by atoms with Crippen molar-refractivity contribution in [2.45, 2.75) is 56.8 Å².